The second-order valence-electron chi connectivity index (χ2n) is 4.34. The molecule has 0 atom stereocenters. The van der Waals surface area contributed by atoms with Crippen molar-refractivity contribution in [3.8, 4) is 0 Å². The summed E-state index contributed by atoms with van der Waals surface area (Å²) in [5.41, 5.74) is 1.39. The fourth-order valence-corrected chi connectivity index (χ4v) is 2.11. The number of nitro benzene ring substituents is 1. The van der Waals surface area contributed by atoms with Gasteiger partial charge in [-0.15, -0.1) is 0 Å². The summed E-state index contributed by atoms with van der Waals surface area (Å²) in [6, 6.07) is 8.77. The highest BCUT2D eigenvalue weighted by atomic mass is 35.5. The molecule has 0 heterocycles. The van der Waals surface area contributed by atoms with Crippen molar-refractivity contribution in [2.24, 2.45) is 0 Å². The highest BCUT2D eigenvalue weighted by Crippen LogP contribution is 2.24. The van der Waals surface area contributed by atoms with Gasteiger partial charge in [-0.2, -0.15) is 0 Å². The number of hydrogen-bond acceptors (Lipinski definition) is 3. The molecule has 2 aromatic carbocycles. The number of non-ortho nitro benzene ring substituents is 1. The number of benzene rings is 2. The first-order valence-electron chi connectivity index (χ1n) is 5.90. The van der Waals surface area contributed by atoms with Crippen LogP contribution in [0.25, 0.3) is 0 Å². The maximum absolute atomic E-state index is 12.1. The molecule has 0 aliphatic heterocycles. The lowest BCUT2D eigenvalue weighted by Crippen LogP contribution is -2.12. The van der Waals surface area contributed by atoms with Crippen LogP contribution in [0.15, 0.2) is 36.4 Å². The van der Waals surface area contributed by atoms with Gasteiger partial charge < -0.3 is 5.32 Å². The topological polar surface area (TPSA) is 72.2 Å². The van der Waals surface area contributed by atoms with E-state index in [4.69, 9.17) is 23.2 Å². The van der Waals surface area contributed by atoms with Gasteiger partial charge in [-0.25, -0.2) is 0 Å². The van der Waals surface area contributed by atoms with E-state index in [9.17, 15) is 14.9 Å². The van der Waals surface area contributed by atoms with Crippen LogP contribution in [0, 0.1) is 17.0 Å². The Labute approximate surface area is 130 Å². The minimum Gasteiger partial charge on any atom is -0.322 e. The molecule has 0 aromatic heterocycles. The van der Waals surface area contributed by atoms with Gasteiger partial charge in [0.2, 0.25) is 0 Å². The van der Waals surface area contributed by atoms with Crippen molar-refractivity contribution in [3.05, 3.63) is 67.7 Å². The third-order valence-corrected chi connectivity index (χ3v) is 3.56. The molecular weight excluding hydrogens is 315 g/mol. The summed E-state index contributed by atoms with van der Waals surface area (Å²) in [7, 11) is 0. The molecule has 0 bridgehead atoms. The van der Waals surface area contributed by atoms with Gasteiger partial charge in [0.05, 0.1) is 15.5 Å². The number of anilines is 1. The third-order valence-electron chi connectivity index (χ3n) is 2.84. The average molecular weight is 325 g/mol. The molecule has 21 heavy (non-hydrogen) atoms. The Balaban J connectivity index is 2.24. The Morgan fingerprint density at radius 2 is 1.86 bits per heavy atom. The summed E-state index contributed by atoms with van der Waals surface area (Å²) in [5.74, 6) is -0.463. The van der Waals surface area contributed by atoms with Crippen LogP contribution in [0.3, 0.4) is 0 Å². The molecule has 0 spiro atoms. The molecule has 7 heteroatoms. The number of hydrogen-bond donors (Lipinski definition) is 1. The van der Waals surface area contributed by atoms with Gasteiger partial charge in [0.15, 0.2) is 0 Å². The molecule has 1 N–H and O–H groups in total. The standard InChI is InChI=1S/C14H10Cl2N2O3/c1-8-2-3-9(6-12(8)15)17-14(19)11-5-4-10(18(20)21)7-13(11)16/h2-7H,1H3,(H,17,19). The number of rotatable bonds is 3. The normalized spacial score (nSPS) is 10.2. The molecule has 0 aliphatic rings. The van der Waals surface area contributed by atoms with Crippen LogP contribution in [0.5, 0.6) is 0 Å². The zero-order valence-corrected chi connectivity index (χ0v) is 12.4. The third kappa shape index (κ3) is 3.51. The number of carbonyl (C=O) groups excluding carboxylic acids is 1. The zero-order valence-electron chi connectivity index (χ0n) is 10.9. The van der Waals surface area contributed by atoms with Gasteiger partial charge in [-0.3, -0.25) is 14.9 Å². The van der Waals surface area contributed by atoms with Crippen LogP contribution in [0.2, 0.25) is 10.0 Å². The molecule has 2 rings (SSSR count). The number of nitrogens with zero attached hydrogens (tertiary/aromatic N) is 1. The lowest BCUT2D eigenvalue weighted by atomic mass is 10.1. The first-order chi connectivity index (χ1) is 9.88. The molecule has 2 aromatic rings. The van der Waals surface area contributed by atoms with E-state index >= 15 is 0 Å². The van der Waals surface area contributed by atoms with E-state index in [-0.39, 0.29) is 16.3 Å². The molecule has 0 fully saturated rings. The van der Waals surface area contributed by atoms with Crippen molar-refractivity contribution in [2.45, 2.75) is 6.92 Å². The quantitative estimate of drug-likeness (QED) is 0.669. The second kappa shape index (κ2) is 6.11. The first kappa shape index (κ1) is 15.3. The molecule has 0 saturated carbocycles. The van der Waals surface area contributed by atoms with E-state index in [0.29, 0.717) is 10.7 Å². The highest BCUT2D eigenvalue weighted by Gasteiger charge is 2.15. The Morgan fingerprint density at radius 3 is 2.43 bits per heavy atom. The fraction of sp³-hybridized carbons (Fsp3) is 0.0714. The monoisotopic (exact) mass is 324 g/mol. The maximum atomic E-state index is 12.1. The van der Waals surface area contributed by atoms with Gasteiger partial charge in [-0.05, 0) is 30.7 Å². The van der Waals surface area contributed by atoms with Crippen molar-refractivity contribution < 1.29 is 9.72 Å². The molecular formula is C14H10Cl2N2O3. The summed E-state index contributed by atoms with van der Waals surface area (Å²) >= 11 is 11.9. The number of aryl methyl sites for hydroxylation is 1. The van der Waals surface area contributed by atoms with E-state index in [0.717, 1.165) is 11.6 Å². The van der Waals surface area contributed by atoms with Gasteiger partial charge in [0, 0.05) is 22.8 Å². The Kier molecular flexibility index (Phi) is 4.45. The first-order valence-corrected chi connectivity index (χ1v) is 6.65. The predicted octanol–water partition coefficient (Wildman–Crippen LogP) is 4.46. The Hall–Kier alpha value is -2.11. The number of nitro groups is 1. The van der Waals surface area contributed by atoms with E-state index in [1.807, 2.05) is 6.92 Å². The van der Waals surface area contributed by atoms with Crippen molar-refractivity contribution >= 4 is 40.5 Å². The largest absolute Gasteiger partial charge is 0.322 e. The van der Waals surface area contributed by atoms with E-state index in [2.05, 4.69) is 5.32 Å². The Morgan fingerprint density at radius 1 is 1.14 bits per heavy atom. The van der Waals surface area contributed by atoms with Crippen LogP contribution in [0.1, 0.15) is 15.9 Å². The van der Waals surface area contributed by atoms with Crippen LogP contribution < -0.4 is 5.32 Å². The maximum Gasteiger partial charge on any atom is 0.270 e. The van der Waals surface area contributed by atoms with Crippen LogP contribution in [0.4, 0.5) is 11.4 Å². The summed E-state index contributed by atoms with van der Waals surface area (Å²) in [6.45, 7) is 1.85. The molecule has 0 aliphatic carbocycles. The van der Waals surface area contributed by atoms with Crippen molar-refractivity contribution in [1.82, 2.24) is 0 Å². The highest BCUT2D eigenvalue weighted by molar-refractivity contribution is 6.34. The Bertz CT molecular complexity index is 732. The number of amides is 1. The van der Waals surface area contributed by atoms with Gasteiger partial charge in [-0.1, -0.05) is 29.3 Å². The van der Waals surface area contributed by atoms with E-state index in [1.54, 1.807) is 18.2 Å². The summed E-state index contributed by atoms with van der Waals surface area (Å²) in [4.78, 5) is 22.2. The van der Waals surface area contributed by atoms with Crippen LogP contribution in [-0.4, -0.2) is 10.8 Å². The number of carbonyl (C=O) groups is 1. The number of nitrogens with one attached hydrogen (secondary N) is 1. The minimum atomic E-state index is -0.576. The minimum absolute atomic E-state index is 0.0138. The summed E-state index contributed by atoms with van der Waals surface area (Å²) < 4.78 is 0. The molecule has 0 radical (unpaired) electrons. The SMILES string of the molecule is Cc1ccc(NC(=O)c2ccc([N+](=O)[O-])cc2Cl)cc1Cl. The van der Waals surface area contributed by atoms with Crippen LogP contribution in [-0.2, 0) is 0 Å². The molecule has 1 amide bonds. The molecule has 0 unspecified atom stereocenters. The van der Waals surface area contributed by atoms with Gasteiger partial charge in [0.25, 0.3) is 11.6 Å². The van der Waals surface area contributed by atoms with E-state index in [1.165, 1.54) is 12.1 Å². The van der Waals surface area contributed by atoms with Gasteiger partial charge >= 0.3 is 0 Å². The molecule has 108 valence electrons. The predicted molar refractivity (Wildman–Crippen MR) is 82.2 cm³/mol. The van der Waals surface area contributed by atoms with Crippen molar-refractivity contribution in [1.29, 1.82) is 0 Å². The molecule has 0 saturated heterocycles. The second-order valence-corrected chi connectivity index (χ2v) is 5.15. The lowest BCUT2D eigenvalue weighted by molar-refractivity contribution is -0.384. The summed E-state index contributed by atoms with van der Waals surface area (Å²) in [5, 5.41) is 13.8. The molecule has 5 nitrogen and oxygen atoms in total. The smallest absolute Gasteiger partial charge is 0.270 e. The summed E-state index contributed by atoms with van der Waals surface area (Å²) in [6.07, 6.45) is 0. The fourth-order valence-electron chi connectivity index (χ4n) is 1.67. The van der Waals surface area contributed by atoms with Crippen molar-refractivity contribution in [2.75, 3.05) is 5.32 Å². The van der Waals surface area contributed by atoms with Gasteiger partial charge in [0.1, 0.15) is 0 Å². The van der Waals surface area contributed by atoms with Crippen molar-refractivity contribution in [3.63, 3.8) is 0 Å². The average Bonchev–Trinajstić information content (AvgIpc) is 2.42. The lowest BCUT2D eigenvalue weighted by Gasteiger charge is -2.08. The van der Waals surface area contributed by atoms with E-state index < -0.39 is 10.8 Å². The zero-order chi connectivity index (χ0) is 15.6. The number of halogens is 2. The van der Waals surface area contributed by atoms with Crippen LogP contribution >= 0.6 is 23.2 Å².